The van der Waals surface area contributed by atoms with Gasteiger partial charge in [0.05, 0.1) is 0 Å². The summed E-state index contributed by atoms with van der Waals surface area (Å²) >= 11 is 0. The molecule has 112 valence electrons. The van der Waals surface area contributed by atoms with Crippen LogP contribution in [-0.4, -0.2) is 7.05 Å². The number of likely N-dealkylation sites (N-methyl/N-ethyl adjacent to an activating group) is 1. The Morgan fingerprint density at radius 3 is 2.14 bits per heavy atom. The van der Waals surface area contributed by atoms with E-state index in [1.54, 1.807) is 12.1 Å². The van der Waals surface area contributed by atoms with Crippen LogP contribution in [0.2, 0.25) is 0 Å². The Kier molecular flexibility index (Phi) is 4.79. The quantitative estimate of drug-likeness (QED) is 0.868. The highest BCUT2D eigenvalue weighted by Crippen LogP contribution is 2.27. The van der Waals surface area contributed by atoms with Crippen LogP contribution in [0.4, 0.5) is 4.39 Å². The number of halogens is 1. The number of benzene rings is 2. The average Bonchev–Trinajstić information content (AvgIpc) is 2.40. The van der Waals surface area contributed by atoms with Gasteiger partial charge in [-0.15, -0.1) is 0 Å². The molecular formula is C19H24FN. The van der Waals surface area contributed by atoms with Gasteiger partial charge in [-0.2, -0.15) is 0 Å². The molecule has 0 aliphatic carbocycles. The highest BCUT2D eigenvalue weighted by atomic mass is 19.1. The molecule has 0 aliphatic heterocycles. The zero-order valence-electron chi connectivity index (χ0n) is 13.5. The maximum atomic E-state index is 13.5. The predicted molar refractivity (Wildman–Crippen MR) is 87.3 cm³/mol. The molecule has 1 nitrogen and oxygen atoms in total. The minimum Gasteiger partial charge on any atom is -0.313 e. The van der Waals surface area contributed by atoms with Crippen LogP contribution in [0.1, 0.15) is 39.4 Å². The van der Waals surface area contributed by atoms with Gasteiger partial charge in [0.25, 0.3) is 0 Å². The first-order chi connectivity index (χ1) is 9.92. The van der Waals surface area contributed by atoms with Gasteiger partial charge in [-0.25, -0.2) is 4.39 Å². The fourth-order valence-corrected chi connectivity index (χ4v) is 3.06. The molecule has 2 aromatic carbocycles. The summed E-state index contributed by atoms with van der Waals surface area (Å²) in [4.78, 5) is 0. The average molecular weight is 285 g/mol. The van der Waals surface area contributed by atoms with Crippen molar-refractivity contribution >= 4 is 0 Å². The lowest BCUT2D eigenvalue weighted by Crippen LogP contribution is -2.21. The van der Waals surface area contributed by atoms with Crippen LogP contribution in [0, 0.1) is 33.5 Å². The molecule has 0 aromatic heterocycles. The molecule has 0 saturated carbocycles. The standard InChI is InChI=1S/C19H24FN/c1-12-6-7-13(2)16(8-12)11-18(21-5)19-14(3)9-17(20)10-15(19)4/h6-10,18,21H,11H2,1-5H3. The molecule has 0 saturated heterocycles. The smallest absolute Gasteiger partial charge is 0.123 e. The first kappa shape index (κ1) is 15.7. The fraction of sp³-hybridized carbons (Fsp3) is 0.368. The molecular weight excluding hydrogens is 261 g/mol. The van der Waals surface area contributed by atoms with Crippen LogP contribution in [0.3, 0.4) is 0 Å². The van der Waals surface area contributed by atoms with E-state index < -0.39 is 0 Å². The van der Waals surface area contributed by atoms with Gasteiger partial charge in [0.15, 0.2) is 0 Å². The van der Waals surface area contributed by atoms with Crippen molar-refractivity contribution in [2.24, 2.45) is 0 Å². The maximum absolute atomic E-state index is 13.5. The second kappa shape index (κ2) is 6.40. The van der Waals surface area contributed by atoms with Crippen molar-refractivity contribution < 1.29 is 4.39 Å². The molecule has 21 heavy (non-hydrogen) atoms. The number of aryl methyl sites for hydroxylation is 4. The van der Waals surface area contributed by atoms with E-state index in [0.717, 1.165) is 17.5 Å². The van der Waals surface area contributed by atoms with E-state index in [0.29, 0.717) is 0 Å². The van der Waals surface area contributed by atoms with Crippen LogP contribution in [0.5, 0.6) is 0 Å². The zero-order valence-corrected chi connectivity index (χ0v) is 13.5. The van der Waals surface area contributed by atoms with Gasteiger partial charge in [0.1, 0.15) is 5.82 Å². The molecule has 0 spiro atoms. The van der Waals surface area contributed by atoms with Gasteiger partial charge in [0, 0.05) is 6.04 Å². The summed E-state index contributed by atoms with van der Waals surface area (Å²) in [5, 5.41) is 3.39. The van der Waals surface area contributed by atoms with Gasteiger partial charge in [-0.3, -0.25) is 0 Å². The summed E-state index contributed by atoms with van der Waals surface area (Å²) in [5.74, 6) is -0.157. The summed E-state index contributed by atoms with van der Waals surface area (Å²) in [5.41, 5.74) is 7.16. The third-order valence-electron chi connectivity index (χ3n) is 4.18. The lowest BCUT2D eigenvalue weighted by Gasteiger charge is -2.22. The van der Waals surface area contributed by atoms with E-state index >= 15 is 0 Å². The summed E-state index contributed by atoms with van der Waals surface area (Å²) in [6.07, 6.45) is 0.914. The van der Waals surface area contributed by atoms with Gasteiger partial charge >= 0.3 is 0 Å². The summed E-state index contributed by atoms with van der Waals surface area (Å²) < 4.78 is 13.5. The molecule has 2 aromatic rings. The number of hydrogen-bond acceptors (Lipinski definition) is 1. The third kappa shape index (κ3) is 3.51. The molecule has 2 rings (SSSR count). The lowest BCUT2D eigenvalue weighted by atomic mass is 9.90. The fourth-order valence-electron chi connectivity index (χ4n) is 3.06. The Balaban J connectivity index is 2.39. The van der Waals surface area contributed by atoms with Crippen LogP contribution in [-0.2, 0) is 6.42 Å². The van der Waals surface area contributed by atoms with Crippen molar-refractivity contribution in [3.63, 3.8) is 0 Å². The van der Waals surface area contributed by atoms with Crippen LogP contribution in [0.15, 0.2) is 30.3 Å². The lowest BCUT2D eigenvalue weighted by molar-refractivity contribution is 0.576. The Morgan fingerprint density at radius 1 is 0.952 bits per heavy atom. The van der Waals surface area contributed by atoms with E-state index in [2.05, 4.69) is 37.4 Å². The van der Waals surface area contributed by atoms with Gasteiger partial charge in [0.2, 0.25) is 0 Å². The van der Waals surface area contributed by atoms with Crippen molar-refractivity contribution in [3.05, 3.63) is 69.5 Å². The minimum absolute atomic E-state index is 0.157. The number of hydrogen-bond donors (Lipinski definition) is 1. The Hall–Kier alpha value is -1.67. The summed E-state index contributed by atoms with van der Waals surface area (Å²) in [6, 6.07) is 9.99. The van der Waals surface area contributed by atoms with E-state index in [-0.39, 0.29) is 11.9 Å². The molecule has 0 aliphatic rings. The van der Waals surface area contributed by atoms with E-state index in [1.165, 1.54) is 22.3 Å². The molecule has 0 amide bonds. The Bertz CT molecular complexity index is 623. The van der Waals surface area contributed by atoms with Crippen molar-refractivity contribution in [1.29, 1.82) is 0 Å². The molecule has 0 heterocycles. The SMILES string of the molecule is CNC(Cc1cc(C)ccc1C)c1c(C)cc(F)cc1C. The molecule has 0 radical (unpaired) electrons. The Labute approximate surface area is 127 Å². The summed E-state index contributed by atoms with van der Waals surface area (Å²) in [7, 11) is 1.97. The van der Waals surface area contributed by atoms with Crippen molar-refractivity contribution in [1.82, 2.24) is 5.32 Å². The number of nitrogens with one attached hydrogen (secondary N) is 1. The van der Waals surface area contributed by atoms with Crippen LogP contribution in [0.25, 0.3) is 0 Å². The number of rotatable bonds is 4. The minimum atomic E-state index is -0.157. The molecule has 0 fully saturated rings. The largest absolute Gasteiger partial charge is 0.313 e. The molecule has 0 bridgehead atoms. The first-order valence-electron chi connectivity index (χ1n) is 7.42. The zero-order chi connectivity index (χ0) is 15.6. The summed E-state index contributed by atoms with van der Waals surface area (Å²) in [6.45, 7) is 8.23. The highest BCUT2D eigenvalue weighted by molar-refractivity contribution is 5.39. The topological polar surface area (TPSA) is 12.0 Å². The van der Waals surface area contributed by atoms with Gasteiger partial charge < -0.3 is 5.32 Å². The van der Waals surface area contributed by atoms with E-state index in [9.17, 15) is 4.39 Å². The van der Waals surface area contributed by atoms with Gasteiger partial charge in [-0.1, -0.05) is 23.8 Å². The molecule has 1 unspecified atom stereocenters. The first-order valence-corrected chi connectivity index (χ1v) is 7.42. The van der Waals surface area contributed by atoms with E-state index in [4.69, 9.17) is 0 Å². The molecule has 1 N–H and O–H groups in total. The maximum Gasteiger partial charge on any atom is 0.123 e. The highest BCUT2D eigenvalue weighted by Gasteiger charge is 2.17. The van der Waals surface area contributed by atoms with E-state index in [1.807, 2.05) is 20.9 Å². The second-order valence-corrected chi connectivity index (χ2v) is 5.93. The molecule has 1 atom stereocenters. The van der Waals surface area contributed by atoms with Crippen molar-refractivity contribution in [2.75, 3.05) is 7.05 Å². The van der Waals surface area contributed by atoms with Crippen molar-refractivity contribution in [2.45, 2.75) is 40.2 Å². The van der Waals surface area contributed by atoms with Gasteiger partial charge in [-0.05, 0) is 81.1 Å². The second-order valence-electron chi connectivity index (χ2n) is 5.93. The Morgan fingerprint density at radius 2 is 1.57 bits per heavy atom. The third-order valence-corrected chi connectivity index (χ3v) is 4.18. The van der Waals surface area contributed by atoms with Crippen molar-refractivity contribution in [3.8, 4) is 0 Å². The monoisotopic (exact) mass is 285 g/mol. The van der Waals surface area contributed by atoms with Crippen LogP contribution < -0.4 is 5.32 Å². The van der Waals surface area contributed by atoms with Crippen LogP contribution >= 0.6 is 0 Å². The normalized spacial score (nSPS) is 12.5. The predicted octanol–water partition coefficient (Wildman–Crippen LogP) is 4.56. The molecule has 2 heteroatoms.